The lowest BCUT2D eigenvalue weighted by atomic mass is 10.1. The number of nitrogens with zero attached hydrogens (tertiary/aromatic N) is 2. The minimum absolute atomic E-state index is 0.0589. The lowest BCUT2D eigenvalue weighted by Gasteiger charge is -2.08. The third-order valence-corrected chi connectivity index (χ3v) is 3.61. The zero-order valence-corrected chi connectivity index (χ0v) is 13.9. The average molecular weight is 337 g/mol. The van der Waals surface area contributed by atoms with Gasteiger partial charge in [-0.15, -0.1) is 10.2 Å². The first kappa shape index (κ1) is 16.7. The lowest BCUT2D eigenvalue weighted by molar-refractivity contribution is -0.118. The molecule has 0 spiro atoms. The van der Waals surface area contributed by atoms with Crippen molar-refractivity contribution in [2.75, 3.05) is 11.9 Å². The third kappa shape index (κ3) is 4.67. The van der Waals surface area contributed by atoms with Crippen LogP contribution < -0.4 is 10.1 Å². The van der Waals surface area contributed by atoms with Gasteiger partial charge in [0.05, 0.1) is 0 Å². The molecular formula is C19H19N3O3. The molecule has 0 radical (unpaired) electrons. The maximum absolute atomic E-state index is 12.0. The van der Waals surface area contributed by atoms with Crippen molar-refractivity contribution >= 4 is 11.6 Å². The number of carbonyl (C=O) groups excluding carboxylic acids is 1. The number of nitrogens with one attached hydrogen (secondary N) is 1. The number of rotatable bonds is 7. The Balaban J connectivity index is 1.50. The number of benzene rings is 2. The van der Waals surface area contributed by atoms with Gasteiger partial charge in [-0.3, -0.25) is 4.79 Å². The Morgan fingerprint density at radius 2 is 1.88 bits per heavy atom. The number of hydrogen-bond acceptors (Lipinski definition) is 5. The number of ether oxygens (including phenoxy) is 1. The molecule has 3 aromatic rings. The quantitative estimate of drug-likeness (QED) is 0.711. The van der Waals surface area contributed by atoms with Gasteiger partial charge >= 0.3 is 0 Å². The Morgan fingerprint density at radius 1 is 1.12 bits per heavy atom. The van der Waals surface area contributed by atoms with Crippen molar-refractivity contribution in [2.24, 2.45) is 0 Å². The number of amides is 1. The number of carbonyl (C=O) groups is 1. The second-order valence-electron chi connectivity index (χ2n) is 5.55. The molecule has 0 saturated carbocycles. The molecule has 0 aliphatic heterocycles. The van der Waals surface area contributed by atoms with Crippen molar-refractivity contribution in [3.8, 4) is 17.2 Å². The normalized spacial score (nSPS) is 10.4. The molecule has 1 amide bonds. The summed E-state index contributed by atoms with van der Waals surface area (Å²) in [5.41, 5.74) is 2.82. The standard InChI is InChI=1S/C19H19N3O3/c1-2-3-14-4-8-16(9-5-14)21-18(23)12-24-17-10-6-15(7-11-17)19-22-20-13-25-19/h4-11,13H,2-3,12H2,1H3,(H,21,23). The van der Waals surface area contributed by atoms with Crippen LogP contribution in [-0.4, -0.2) is 22.7 Å². The molecule has 25 heavy (non-hydrogen) atoms. The summed E-state index contributed by atoms with van der Waals surface area (Å²) >= 11 is 0. The van der Waals surface area contributed by atoms with Crippen LogP contribution in [0.2, 0.25) is 0 Å². The Labute approximate surface area is 145 Å². The summed E-state index contributed by atoms with van der Waals surface area (Å²) in [4.78, 5) is 12.0. The molecule has 0 unspecified atom stereocenters. The van der Waals surface area contributed by atoms with Crippen LogP contribution in [0, 0.1) is 0 Å². The van der Waals surface area contributed by atoms with Crippen molar-refractivity contribution in [1.29, 1.82) is 0 Å². The molecule has 0 atom stereocenters. The summed E-state index contributed by atoms with van der Waals surface area (Å²) in [5, 5.41) is 10.3. The highest BCUT2D eigenvalue weighted by Gasteiger charge is 2.06. The average Bonchev–Trinajstić information content (AvgIpc) is 3.17. The molecule has 3 rings (SSSR count). The topological polar surface area (TPSA) is 77.2 Å². The van der Waals surface area contributed by atoms with Crippen molar-refractivity contribution < 1.29 is 13.9 Å². The van der Waals surface area contributed by atoms with E-state index in [9.17, 15) is 4.79 Å². The van der Waals surface area contributed by atoms with E-state index in [4.69, 9.17) is 9.15 Å². The molecule has 0 aliphatic carbocycles. The monoisotopic (exact) mass is 337 g/mol. The summed E-state index contributed by atoms with van der Waals surface area (Å²) in [7, 11) is 0. The molecule has 1 N–H and O–H groups in total. The molecule has 0 fully saturated rings. The second-order valence-corrected chi connectivity index (χ2v) is 5.55. The molecule has 2 aromatic carbocycles. The molecule has 6 heteroatoms. The van der Waals surface area contributed by atoms with Gasteiger partial charge in [0.15, 0.2) is 6.61 Å². The van der Waals surface area contributed by atoms with Crippen molar-refractivity contribution in [2.45, 2.75) is 19.8 Å². The van der Waals surface area contributed by atoms with E-state index in [1.54, 1.807) is 24.3 Å². The smallest absolute Gasteiger partial charge is 0.262 e. The SMILES string of the molecule is CCCc1ccc(NC(=O)COc2ccc(-c3nnco3)cc2)cc1. The van der Waals surface area contributed by atoms with Gasteiger partial charge in [0.1, 0.15) is 5.75 Å². The van der Waals surface area contributed by atoms with Crippen LogP contribution in [0.3, 0.4) is 0 Å². The Morgan fingerprint density at radius 3 is 2.52 bits per heavy atom. The van der Waals surface area contributed by atoms with E-state index in [1.807, 2.05) is 24.3 Å². The number of hydrogen-bond donors (Lipinski definition) is 1. The predicted octanol–water partition coefficient (Wildman–Crippen LogP) is 3.71. The highest BCUT2D eigenvalue weighted by atomic mass is 16.5. The van der Waals surface area contributed by atoms with E-state index < -0.39 is 0 Å². The first-order valence-electron chi connectivity index (χ1n) is 8.13. The second kappa shape index (κ2) is 8.10. The van der Waals surface area contributed by atoms with Crippen LogP contribution in [0.5, 0.6) is 5.75 Å². The van der Waals surface area contributed by atoms with Crippen LogP contribution in [0.25, 0.3) is 11.5 Å². The maximum atomic E-state index is 12.0. The van der Waals surface area contributed by atoms with Gasteiger partial charge in [0, 0.05) is 11.3 Å². The minimum Gasteiger partial charge on any atom is -0.484 e. The van der Waals surface area contributed by atoms with E-state index in [0.717, 1.165) is 24.1 Å². The molecule has 1 aromatic heterocycles. The van der Waals surface area contributed by atoms with Crippen LogP contribution in [0.1, 0.15) is 18.9 Å². The highest BCUT2D eigenvalue weighted by Crippen LogP contribution is 2.20. The van der Waals surface area contributed by atoms with Gasteiger partial charge in [-0.2, -0.15) is 0 Å². The van der Waals surface area contributed by atoms with Gasteiger partial charge in [0.2, 0.25) is 12.3 Å². The van der Waals surface area contributed by atoms with E-state index >= 15 is 0 Å². The molecule has 0 saturated heterocycles. The van der Waals surface area contributed by atoms with Gasteiger partial charge in [-0.05, 0) is 48.4 Å². The zero-order chi connectivity index (χ0) is 17.5. The van der Waals surface area contributed by atoms with E-state index in [1.165, 1.54) is 12.0 Å². The van der Waals surface area contributed by atoms with Gasteiger partial charge in [-0.1, -0.05) is 25.5 Å². The fraction of sp³-hybridized carbons (Fsp3) is 0.211. The van der Waals surface area contributed by atoms with Crippen LogP contribution in [-0.2, 0) is 11.2 Å². The van der Waals surface area contributed by atoms with Gasteiger partial charge < -0.3 is 14.5 Å². The van der Waals surface area contributed by atoms with Crippen LogP contribution in [0.15, 0.2) is 59.3 Å². The highest BCUT2D eigenvalue weighted by molar-refractivity contribution is 5.91. The van der Waals surface area contributed by atoms with Crippen molar-refractivity contribution in [1.82, 2.24) is 10.2 Å². The first-order chi connectivity index (χ1) is 12.2. The molecule has 0 aliphatic rings. The molecule has 6 nitrogen and oxygen atoms in total. The predicted molar refractivity (Wildman–Crippen MR) is 94.3 cm³/mol. The van der Waals surface area contributed by atoms with E-state index in [0.29, 0.717) is 11.6 Å². The molecular weight excluding hydrogens is 318 g/mol. The lowest BCUT2D eigenvalue weighted by Crippen LogP contribution is -2.20. The largest absolute Gasteiger partial charge is 0.484 e. The summed E-state index contributed by atoms with van der Waals surface area (Å²) in [5.74, 6) is 0.830. The summed E-state index contributed by atoms with van der Waals surface area (Å²) in [6.45, 7) is 2.08. The van der Waals surface area contributed by atoms with Gasteiger partial charge in [-0.25, -0.2) is 0 Å². The molecule has 0 bridgehead atoms. The zero-order valence-electron chi connectivity index (χ0n) is 13.9. The number of aryl methyl sites for hydroxylation is 1. The minimum atomic E-state index is -0.204. The van der Waals surface area contributed by atoms with Crippen LogP contribution >= 0.6 is 0 Å². The van der Waals surface area contributed by atoms with Crippen molar-refractivity contribution in [3.05, 3.63) is 60.5 Å². The summed E-state index contributed by atoms with van der Waals surface area (Å²) in [6, 6.07) is 15.0. The van der Waals surface area contributed by atoms with E-state index in [-0.39, 0.29) is 12.5 Å². The maximum Gasteiger partial charge on any atom is 0.262 e. The Kier molecular flexibility index (Phi) is 5.41. The van der Waals surface area contributed by atoms with Gasteiger partial charge in [0.25, 0.3) is 5.91 Å². The summed E-state index contributed by atoms with van der Waals surface area (Å²) in [6.07, 6.45) is 3.42. The van der Waals surface area contributed by atoms with Crippen LogP contribution in [0.4, 0.5) is 5.69 Å². The number of aromatic nitrogens is 2. The summed E-state index contributed by atoms with van der Waals surface area (Å²) < 4.78 is 10.6. The molecule has 1 heterocycles. The Hall–Kier alpha value is -3.15. The van der Waals surface area contributed by atoms with E-state index in [2.05, 4.69) is 22.4 Å². The first-order valence-corrected chi connectivity index (χ1v) is 8.13. The molecule has 128 valence electrons. The number of anilines is 1. The fourth-order valence-electron chi connectivity index (χ4n) is 2.38. The fourth-order valence-corrected chi connectivity index (χ4v) is 2.38. The van der Waals surface area contributed by atoms with Crippen molar-refractivity contribution in [3.63, 3.8) is 0 Å². The Bertz CT molecular complexity index is 797. The third-order valence-electron chi connectivity index (χ3n) is 3.61.